The Kier molecular flexibility index (Phi) is 4.57. The molecule has 2 aliphatic heterocycles. The number of hydrogen-bond acceptors (Lipinski definition) is 3. The fourth-order valence-corrected chi connectivity index (χ4v) is 3.46. The fourth-order valence-electron chi connectivity index (χ4n) is 2.99. The number of ether oxygens (including phenoxy) is 1. The SMILES string of the molecule is O=C(COc1ccc(Cl)cc1Cl)N1CCC2CCC(C1)N2. The number of halogens is 2. The van der Waals surface area contributed by atoms with Crippen LogP contribution in [0.4, 0.5) is 0 Å². The van der Waals surface area contributed by atoms with Crippen molar-refractivity contribution in [2.45, 2.75) is 31.3 Å². The lowest BCUT2D eigenvalue weighted by Gasteiger charge is -2.24. The summed E-state index contributed by atoms with van der Waals surface area (Å²) < 4.78 is 5.53. The third kappa shape index (κ3) is 3.62. The standard InChI is InChI=1S/C15H18Cl2N2O2/c16-10-1-4-14(13(17)7-10)21-9-15(20)19-6-5-11-2-3-12(8-19)18-11/h1,4,7,11-12,18H,2-3,5-6,8-9H2. The van der Waals surface area contributed by atoms with Crippen molar-refractivity contribution in [1.82, 2.24) is 10.2 Å². The van der Waals surface area contributed by atoms with Crippen molar-refractivity contribution in [2.24, 2.45) is 0 Å². The van der Waals surface area contributed by atoms with Gasteiger partial charge in [-0.3, -0.25) is 4.79 Å². The van der Waals surface area contributed by atoms with E-state index in [1.165, 1.54) is 6.42 Å². The third-order valence-electron chi connectivity index (χ3n) is 4.12. The predicted molar refractivity (Wildman–Crippen MR) is 83.1 cm³/mol. The van der Waals surface area contributed by atoms with Crippen LogP contribution in [0.2, 0.25) is 10.0 Å². The van der Waals surface area contributed by atoms with Gasteiger partial charge in [0.1, 0.15) is 5.75 Å². The molecule has 2 bridgehead atoms. The summed E-state index contributed by atoms with van der Waals surface area (Å²) in [6, 6.07) is 5.99. The van der Waals surface area contributed by atoms with Crippen molar-refractivity contribution < 1.29 is 9.53 Å². The highest BCUT2D eigenvalue weighted by molar-refractivity contribution is 6.35. The van der Waals surface area contributed by atoms with E-state index in [0.717, 1.165) is 25.9 Å². The monoisotopic (exact) mass is 328 g/mol. The van der Waals surface area contributed by atoms with Gasteiger partial charge in [0, 0.05) is 30.2 Å². The molecule has 2 unspecified atom stereocenters. The van der Waals surface area contributed by atoms with Gasteiger partial charge >= 0.3 is 0 Å². The Morgan fingerprint density at radius 3 is 2.90 bits per heavy atom. The molecule has 1 N–H and O–H groups in total. The quantitative estimate of drug-likeness (QED) is 0.927. The Hall–Kier alpha value is -0.970. The zero-order valence-electron chi connectivity index (χ0n) is 11.6. The van der Waals surface area contributed by atoms with Gasteiger partial charge in [-0.1, -0.05) is 23.2 Å². The molecule has 1 aromatic carbocycles. The highest BCUT2D eigenvalue weighted by Gasteiger charge is 2.31. The summed E-state index contributed by atoms with van der Waals surface area (Å²) in [5.41, 5.74) is 0. The highest BCUT2D eigenvalue weighted by Crippen LogP contribution is 2.27. The molecule has 2 saturated heterocycles. The number of hydrogen-bond donors (Lipinski definition) is 1. The minimum atomic E-state index is 0.00960. The van der Waals surface area contributed by atoms with Crippen LogP contribution in [0.5, 0.6) is 5.75 Å². The normalized spacial score (nSPS) is 24.8. The zero-order valence-corrected chi connectivity index (χ0v) is 13.2. The van der Waals surface area contributed by atoms with Crippen molar-refractivity contribution in [2.75, 3.05) is 19.7 Å². The Labute approximate surface area is 134 Å². The van der Waals surface area contributed by atoms with Gasteiger partial charge in [-0.25, -0.2) is 0 Å². The topological polar surface area (TPSA) is 41.6 Å². The number of carbonyl (C=O) groups is 1. The number of likely N-dealkylation sites (tertiary alicyclic amines) is 1. The summed E-state index contributed by atoms with van der Waals surface area (Å²) in [6.07, 6.45) is 3.39. The summed E-state index contributed by atoms with van der Waals surface area (Å²) in [4.78, 5) is 14.2. The molecule has 0 spiro atoms. The van der Waals surface area contributed by atoms with E-state index in [2.05, 4.69) is 5.32 Å². The summed E-state index contributed by atoms with van der Waals surface area (Å²) in [7, 11) is 0. The molecule has 3 rings (SSSR count). The predicted octanol–water partition coefficient (Wildman–Crippen LogP) is 2.73. The van der Waals surface area contributed by atoms with Gasteiger partial charge in [0.2, 0.25) is 0 Å². The van der Waals surface area contributed by atoms with Crippen molar-refractivity contribution in [3.05, 3.63) is 28.2 Å². The van der Waals surface area contributed by atoms with Gasteiger partial charge < -0.3 is 15.0 Å². The minimum absolute atomic E-state index is 0.00960. The van der Waals surface area contributed by atoms with Gasteiger partial charge in [-0.05, 0) is 37.5 Å². The average molecular weight is 329 g/mol. The molecule has 4 nitrogen and oxygen atoms in total. The van der Waals surface area contributed by atoms with Crippen molar-refractivity contribution in [3.63, 3.8) is 0 Å². The van der Waals surface area contributed by atoms with E-state index in [9.17, 15) is 4.79 Å². The molecule has 0 saturated carbocycles. The lowest BCUT2D eigenvalue weighted by molar-refractivity contribution is -0.133. The molecule has 0 radical (unpaired) electrons. The van der Waals surface area contributed by atoms with Crippen molar-refractivity contribution >= 4 is 29.1 Å². The number of benzene rings is 1. The molecular weight excluding hydrogens is 311 g/mol. The Bertz CT molecular complexity index is 538. The summed E-state index contributed by atoms with van der Waals surface area (Å²) in [6.45, 7) is 1.58. The Morgan fingerprint density at radius 1 is 1.29 bits per heavy atom. The Morgan fingerprint density at radius 2 is 2.10 bits per heavy atom. The van der Waals surface area contributed by atoms with Crippen molar-refractivity contribution in [3.8, 4) is 5.75 Å². The molecular formula is C15H18Cl2N2O2. The maximum Gasteiger partial charge on any atom is 0.260 e. The van der Waals surface area contributed by atoms with Gasteiger partial charge in [0.05, 0.1) is 5.02 Å². The van der Waals surface area contributed by atoms with E-state index in [1.54, 1.807) is 18.2 Å². The molecule has 114 valence electrons. The van der Waals surface area contributed by atoms with E-state index in [-0.39, 0.29) is 12.5 Å². The van der Waals surface area contributed by atoms with Crippen LogP contribution >= 0.6 is 23.2 Å². The lowest BCUT2D eigenvalue weighted by Crippen LogP contribution is -2.41. The maximum absolute atomic E-state index is 12.3. The fraction of sp³-hybridized carbons (Fsp3) is 0.533. The summed E-state index contributed by atoms with van der Waals surface area (Å²) in [5.74, 6) is 0.499. The molecule has 6 heteroatoms. The highest BCUT2D eigenvalue weighted by atomic mass is 35.5. The number of fused-ring (bicyclic) bond motifs is 2. The smallest absolute Gasteiger partial charge is 0.260 e. The molecule has 0 aliphatic carbocycles. The van der Waals surface area contributed by atoms with Gasteiger partial charge in [0.15, 0.2) is 6.61 Å². The van der Waals surface area contributed by atoms with Crippen LogP contribution in [0.25, 0.3) is 0 Å². The molecule has 2 heterocycles. The first-order valence-corrected chi connectivity index (χ1v) is 7.99. The van der Waals surface area contributed by atoms with Crippen LogP contribution < -0.4 is 10.1 Å². The number of amides is 1. The largest absolute Gasteiger partial charge is 0.482 e. The van der Waals surface area contributed by atoms with E-state index < -0.39 is 0 Å². The molecule has 0 aromatic heterocycles. The zero-order chi connectivity index (χ0) is 14.8. The van der Waals surface area contributed by atoms with Crippen LogP contribution in [-0.4, -0.2) is 42.6 Å². The van der Waals surface area contributed by atoms with Crippen molar-refractivity contribution in [1.29, 1.82) is 0 Å². The van der Waals surface area contributed by atoms with Gasteiger partial charge in [0.25, 0.3) is 5.91 Å². The molecule has 2 fully saturated rings. The van der Waals surface area contributed by atoms with Crippen LogP contribution in [0, 0.1) is 0 Å². The first-order valence-electron chi connectivity index (χ1n) is 7.23. The van der Waals surface area contributed by atoms with E-state index in [1.807, 2.05) is 4.90 Å². The second kappa shape index (κ2) is 6.42. The van der Waals surface area contributed by atoms with E-state index in [0.29, 0.717) is 27.9 Å². The number of carbonyl (C=O) groups excluding carboxylic acids is 1. The molecule has 1 amide bonds. The number of nitrogens with zero attached hydrogens (tertiary/aromatic N) is 1. The average Bonchev–Trinajstić information content (AvgIpc) is 2.77. The second-order valence-corrected chi connectivity index (χ2v) is 6.47. The van der Waals surface area contributed by atoms with Gasteiger partial charge in [-0.2, -0.15) is 0 Å². The molecule has 1 aromatic rings. The van der Waals surface area contributed by atoms with Crippen LogP contribution in [-0.2, 0) is 4.79 Å². The second-order valence-electron chi connectivity index (χ2n) is 5.63. The van der Waals surface area contributed by atoms with E-state index in [4.69, 9.17) is 27.9 Å². The molecule has 2 aliphatic rings. The van der Waals surface area contributed by atoms with Crippen LogP contribution in [0.1, 0.15) is 19.3 Å². The van der Waals surface area contributed by atoms with Crippen LogP contribution in [0.3, 0.4) is 0 Å². The first-order chi connectivity index (χ1) is 10.1. The third-order valence-corrected chi connectivity index (χ3v) is 4.65. The molecule has 21 heavy (non-hydrogen) atoms. The first kappa shape index (κ1) is 14.9. The van der Waals surface area contributed by atoms with Crippen LogP contribution in [0.15, 0.2) is 18.2 Å². The minimum Gasteiger partial charge on any atom is -0.482 e. The van der Waals surface area contributed by atoms with Gasteiger partial charge in [-0.15, -0.1) is 0 Å². The number of nitrogens with one attached hydrogen (secondary N) is 1. The number of rotatable bonds is 3. The lowest BCUT2D eigenvalue weighted by atomic mass is 10.1. The Balaban J connectivity index is 1.56. The summed E-state index contributed by atoms with van der Waals surface area (Å²) in [5, 5.41) is 4.53. The molecule has 2 atom stereocenters. The van der Waals surface area contributed by atoms with E-state index >= 15 is 0 Å². The maximum atomic E-state index is 12.3. The summed E-state index contributed by atoms with van der Waals surface area (Å²) >= 11 is 11.9.